The number of ether oxygens (including phenoxy) is 2. The molecule has 238 valence electrons. The van der Waals surface area contributed by atoms with Crippen molar-refractivity contribution in [2.75, 3.05) is 56.3 Å². The largest absolute Gasteiger partial charge is 0.489 e. The number of hydrogen-bond acceptors (Lipinski definition) is 11. The number of pyridine rings is 1. The summed E-state index contributed by atoms with van der Waals surface area (Å²) in [5, 5.41) is 10.3. The van der Waals surface area contributed by atoms with Crippen LogP contribution in [-0.4, -0.2) is 59.7 Å². The average Bonchev–Trinajstić information content (AvgIpc) is 3.26. The van der Waals surface area contributed by atoms with Gasteiger partial charge in [-0.1, -0.05) is 30.7 Å². The number of hydrogen-bond donors (Lipinski definition) is 2. The molecule has 0 bridgehead atoms. The monoisotopic (exact) mass is 664 g/mol. The van der Waals surface area contributed by atoms with E-state index in [1.54, 1.807) is 12.3 Å². The van der Waals surface area contributed by atoms with Crippen molar-refractivity contribution in [3.05, 3.63) is 58.2 Å². The number of fused-ring (bicyclic) bond motifs is 1. The van der Waals surface area contributed by atoms with Gasteiger partial charge in [0.1, 0.15) is 47.3 Å². The molecule has 14 heteroatoms. The number of aromatic nitrogens is 3. The summed E-state index contributed by atoms with van der Waals surface area (Å²) in [6.07, 6.45) is 2.59. The molecule has 1 unspecified atom stereocenters. The van der Waals surface area contributed by atoms with E-state index in [4.69, 9.17) is 37.5 Å². The van der Waals surface area contributed by atoms with Crippen molar-refractivity contribution < 1.29 is 18.3 Å². The molecule has 0 aliphatic carbocycles. The fraction of sp³-hybridized carbons (Fsp3) is 0.312. The minimum absolute atomic E-state index is 0.0366. The lowest BCUT2D eigenvalue weighted by molar-refractivity contribution is 0.226. The summed E-state index contributed by atoms with van der Waals surface area (Å²) in [7, 11) is 1.98. The molecule has 0 saturated heterocycles. The van der Waals surface area contributed by atoms with Crippen LogP contribution in [0.15, 0.2) is 30.5 Å². The van der Waals surface area contributed by atoms with E-state index in [-0.39, 0.29) is 78.7 Å². The lowest BCUT2D eigenvalue weighted by Crippen LogP contribution is -2.31. The number of anilines is 3. The standard InChI is InChI=1S/C32H31ClF2N8O2S/c1-4-10-42(3)11-13-45-32-40-26-23-27(44-14-12-43(31(23)41-32)16(2)17-6-5-9-39-29(17)37)24(33)22(25(26)35)18-7-8-20(34)28-21(18)19(15-36)30(38)46-28/h5-9,16H,4,10-14,38H2,1-3H3,(H2,37,39). The molecule has 3 aromatic heterocycles. The topological polar surface area (TPSA) is 139 Å². The van der Waals surface area contributed by atoms with Crippen molar-refractivity contribution in [1.82, 2.24) is 19.9 Å². The summed E-state index contributed by atoms with van der Waals surface area (Å²) in [6.45, 7) is 6.27. The molecule has 0 radical (unpaired) electrons. The molecular weight excluding hydrogens is 634 g/mol. The first-order valence-corrected chi connectivity index (χ1v) is 15.9. The van der Waals surface area contributed by atoms with Crippen molar-refractivity contribution >= 4 is 60.6 Å². The molecule has 10 nitrogen and oxygen atoms in total. The zero-order valence-corrected chi connectivity index (χ0v) is 27.0. The maximum Gasteiger partial charge on any atom is 0.319 e. The predicted octanol–water partition coefficient (Wildman–Crippen LogP) is 6.55. The summed E-state index contributed by atoms with van der Waals surface area (Å²) in [5.74, 6) is -0.536. The Kier molecular flexibility index (Phi) is 8.69. The second-order valence-corrected chi connectivity index (χ2v) is 12.4. The zero-order valence-electron chi connectivity index (χ0n) is 25.4. The van der Waals surface area contributed by atoms with Gasteiger partial charge in [0, 0.05) is 29.3 Å². The van der Waals surface area contributed by atoms with E-state index in [0.717, 1.165) is 29.9 Å². The van der Waals surface area contributed by atoms with Crippen LogP contribution < -0.4 is 25.8 Å². The number of nitrogen functional groups attached to an aromatic ring is 2. The molecule has 1 atom stereocenters. The molecule has 2 aromatic carbocycles. The van der Waals surface area contributed by atoms with Gasteiger partial charge in [0.05, 0.1) is 33.3 Å². The van der Waals surface area contributed by atoms with Crippen LogP contribution in [0, 0.1) is 23.0 Å². The lowest BCUT2D eigenvalue weighted by atomic mass is 9.96. The van der Waals surface area contributed by atoms with Gasteiger partial charge in [0.25, 0.3) is 0 Å². The highest BCUT2D eigenvalue weighted by Crippen LogP contribution is 2.51. The summed E-state index contributed by atoms with van der Waals surface area (Å²) < 4.78 is 44.3. The Morgan fingerprint density at radius 3 is 2.76 bits per heavy atom. The van der Waals surface area contributed by atoms with Crippen molar-refractivity contribution in [2.24, 2.45) is 0 Å². The van der Waals surface area contributed by atoms with Gasteiger partial charge >= 0.3 is 6.01 Å². The molecule has 4 heterocycles. The van der Waals surface area contributed by atoms with Gasteiger partial charge in [-0.05, 0) is 44.6 Å². The first kappa shape index (κ1) is 31.5. The van der Waals surface area contributed by atoms with Crippen LogP contribution in [0.5, 0.6) is 11.8 Å². The van der Waals surface area contributed by atoms with Crippen LogP contribution in [0.3, 0.4) is 0 Å². The van der Waals surface area contributed by atoms with Crippen LogP contribution in [0.2, 0.25) is 5.02 Å². The van der Waals surface area contributed by atoms with Crippen molar-refractivity contribution in [3.63, 3.8) is 0 Å². The zero-order chi connectivity index (χ0) is 32.7. The Balaban J connectivity index is 1.60. The highest BCUT2D eigenvalue weighted by Gasteiger charge is 2.33. The molecular formula is C32H31ClF2N8O2S. The quantitative estimate of drug-likeness (QED) is 0.178. The summed E-state index contributed by atoms with van der Waals surface area (Å²) in [5.41, 5.74) is 13.1. The molecule has 46 heavy (non-hydrogen) atoms. The minimum atomic E-state index is -0.805. The number of thiophene rings is 1. The van der Waals surface area contributed by atoms with E-state index in [9.17, 15) is 9.65 Å². The number of benzene rings is 2. The Morgan fingerprint density at radius 1 is 1.22 bits per heavy atom. The van der Waals surface area contributed by atoms with Crippen LogP contribution >= 0.6 is 22.9 Å². The van der Waals surface area contributed by atoms with Gasteiger partial charge in [-0.15, -0.1) is 11.3 Å². The van der Waals surface area contributed by atoms with E-state index in [0.29, 0.717) is 24.7 Å². The van der Waals surface area contributed by atoms with E-state index in [2.05, 4.69) is 21.8 Å². The molecule has 0 fully saturated rings. The van der Waals surface area contributed by atoms with Crippen molar-refractivity contribution in [3.8, 4) is 29.0 Å². The highest BCUT2D eigenvalue weighted by molar-refractivity contribution is 7.23. The second-order valence-electron chi connectivity index (χ2n) is 11.0. The predicted molar refractivity (Wildman–Crippen MR) is 178 cm³/mol. The van der Waals surface area contributed by atoms with Gasteiger partial charge in [-0.3, -0.25) is 0 Å². The molecule has 0 spiro atoms. The molecule has 0 amide bonds. The number of halogens is 3. The summed E-state index contributed by atoms with van der Waals surface area (Å²) in [6, 6.07) is 7.88. The summed E-state index contributed by atoms with van der Waals surface area (Å²) in [4.78, 5) is 17.6. The Morgan fingerprint density at radius 2 is 2.02 bits per heavy atom. The Hall–Kier alpha value is -4.51. The fourth-order valence-corrected chi connectivity index (χ4v) is 7.14. The number of nitriles is 1. The first-order valence-electron chi connectivity index (χ1n) is 14.7. The number of likely N-dealkylation sites (N-methyl/N-ethyl adjacent to an activating group) is 1. The lowest BCUT2D eigenvalue weighted by Gasteiger charge is -2.30. The van der Waals surface area contributed by atoms with Crippen LogP contribution in [0.1, 0.15) is 37.4 Å². The molecule has 0 saturated carbocycles. The van der Waals surface area contributed by atoms with E-state index in [1.807, 2.05) is 31.0 Å². The van der Waals surface area contributed by atoms with E-state index >= 15 is 4.39 Å². The van der Waals surface area contributed by atoms with E-state index < -0.39 is 11.6 Å². The van der Waals surface area contributed by atoms with Crippen molar-refractivity contribution in [1.29, 1.82) is 5.26 Å². The number of nitrogens with zero attached hydrogens (tertiary/aromatic N) is 6. The van der Waals surface area contributed by atoms with Crippen LogP contribution in [-0.2, 0) is 0 Å². The molecule has 1 aliphatic rings. The third kappa shape index (κ3) is 5.36. The third-order valence-corrected chi connectivity index (χ3v) is 9.48. The molecule has 6 rings (SSSR count). The van der Waals surface area contributed by atoms with Crippen LogP contribution in [0.4, 0.5) is 25.4 Å². The van der Waals surface area contributed by atoms with Gasteiger partial charge in [0.2, 0.25) is 0 Å². The van der Waals surface area contributed by atoms with Gasteiger partial charge in [0.15, 0.2) is 11.6 Å². The van der Waals surface area contributed by atoms with Gasteiger partial charge in [-0.25, -0.2) is 13.8 Å². The van der Waals surface area contributed by atoms with Crippen molar-refractivity contribution in [2.45, 2.75) is 26.3 Å². The molecule has 5 aromatic rings. The van der Waals surface area contributed by atoms with Gasteiger partial charge < -0.3 is 30.7 Å². The summed E-state index contributed by atoms with van der Waals surface area (Å²) >= 11 is 7.91. The average molecular weight is 665 g/mol. The first-order chi connectivity index (χ1) is 22.2. The van der Waals surface area contributed by atoms with E-state index in [1.165, 1.54) is 12.1 Å². The van der Waals surface area contributed by atoms with Gasteiger partial charge in [-0.2, -0.15) is 15.2 Å². The number of nitrogens with two attached hydrogens (primary N) is 2. The SMILES string of the molecule is CCCN(C)CCOc1nc2c3c(c(Cl)c(-c4ccc(F)c5sc(N)c(C#N)c45)c(F)c3n1)OCCN2C(C)c1cccnc1N. The smallest absolute Gasteiger partial charge is 0.319 e. The maximum absolute atomic E-state index is 17.0. The second kappa shape index (κ2) is 12.7. The maximum atomic E-state index is 17.0. The third-order valence-electron chi connectivity index (χ3n) is 8.09. The minimum Gasteiger partial charge on any atom is -0.489 e. The van der Waals surface area contributed by atoms with Crippen LogP contribution in [0.25, 0.3) is 32.1 Å². The Bertz CT molecular complexity index is 2020. The highest BCUT2D eigenvalue weighted by atomic mass is 35.5. The Labute approximate surface area is 273 Å². The normalized spacial score (nSPS) is 13.6. The molecule has 1 aliphatic heterocycles. The molecule has 4 N–H and O–H groups in total. The number of rotatable bonds is 9. The fourth-order valence-electron chi connectivity index (χ4n) is 5.85.